The fourth-order valence-electron chi connectivity index (χ4n) is 5.00. The summed E-state index contributed by atoms with van der Waals surface area (Å²) < 4.78 is 14.9. The van der Waals surface area contributed by atoms with Crippen LogP contribution in [-0.2, 0) is 14.4 Å². The van der Waals surface area contributed by atoms with Gasteiger partial charge in [-0.3, -0.25) is 19.8 Å². The molecule has 3 heterocycles. The first-order chi connectivity index (χ1) is 15.9. The molecule has 0 radical (unpaired) electrons. The van der Waals surface area contributed by atoms with Crippen molar-refractivity contribution in [2.45, 2.75) is 38.0 Å². The maximum absolute atomic E-state index is 14.9. The molecule has 1 atom stereocenters. The van der Waals surface area contributed by atoms with Crippen molar-refractivity contribution in [1.29, 1.82) is 0 Å². The first-order valence-corrected chi connectivity index (χ1v) is 11.7. The maximum Gasteiger partial charge on any atom is 0.423 e. The number of piperazine rings is 1. The summed E-state index contributed by atoms with van der Waals surface area (Å²) in [7, 11) is 0. The number of benzene rings is 1. The molecule has 0 aliphatic carbocycles. The van der Waals surface area contributed by atoms with Gasteiger partial charge in [0.1, 0.15) is 5.82 Å². The quantitative estimate of drug-likeness (QED) is 0.619. The summed E-state index contributed by atoms with van der Waals surface area (Å²) in [6, 6.07) is 5.00. The van der Waals surface area contributed by atoms with Gasteiger partial charge in [0.25, 0.3) is 0 Å². The number of nitrogens with one attached hydrogen (secondary N) is 1. The van der Waals surface area contributed by atoms with Gasteiger partial charge < -0.3 is 15.5 Å². The highest BCUT2D eigenvalue weighted by molar-refractivity contribution is 6.00. The van der Waals surface area contributed by atoms with Gasteiger partial charge in [-0.25, -0.2) is 9.18 Å². The van der Waals surface area contributed by atoms with E-state index in [2.05, 4.69) is 15.1 Å². The summed E-state index contributed by atoms with van der Waals surface area (Å²) >= 11 is 0. The first-order valence-electron chi connectivity index (χ1n) is 11.7. The Morgan fingerprint density at radius 2 is 1.82 bits per heavy atom. The first kappa shape index (κ1) is 23.4. The molecule has 1 unspecified atom stereocenters. The van der Waals surface area contributed by atoms with Crippen LogP contribution in [0, 0.1) is 11.7 Å². The monoisotopic (exact) mass is 461 g/mol. The predicted octanol–water partition coefficient (Wildman–Crippen LogP) is 1.58. The highest BCUT2D eigenvalue weighted by Crippen LogP contribution is 2.29. The van der Waals surface area contributed by atoms with E-state index in [1.165, 1.54) is 6.07 Å². The average Bonchev–Trinajstić information content (AvgIpc) is 2.79. The molecule has 0 aromatic heterocycles. The molecule has 3 aliphatic heterocycles. The zero-order valence-corrected chi connectivity index (χ0v) is 18.8. The van der Waals surface area contributed by atoms with E-state index in [0.717, 1.165) is 65.1 Å². The Balaban J connectivity index is 1.22. The number of halogens is 1. The van der Waals surface area contributed by atoms with E-state index in [0.29, 0.717) is 23.6 Å². The topological polar surface area (TPSA) is 108 Å². The molecule has 0 saturated carbocycles. The van der Waals surface area contributed by atoms with Gasteiger partial charge in [-0.15, -0.1) is 5.06 Å². The predicted molar refractivity (Wildman–Crippen MR) is 120 cm³/mol. The van der Waals surface area contributed by atoms with Crippen LogP contribution in [-0.4, -0.2) is 73.7 Å². The molecule has 3 N–H and O–H groups in total. The van der Waals surface area contributed by atoms with Crippen molar-refractivity contribution in [3.8, 4) is 0 Å². The summed E-state index contributed by atoms with van der Waals surface area (Å²) in [6.45, 7) is 5.69. The number of hydrogen-bond acceptors (Lipinski definition) is 7. The summed E-state index contributed by atoms with van der Waals surface area (Å²) in [6.07, 6.45) is 3.00. The third kappa shape index (κ3) is 6.00. The molecule has 0 spiro atoms. The molecule has 1 aromatic rings. The van der Waals surface area contributed by atoms with E-state index in [4.69, 9.17) is 10.6 Å². The van der Waals surface area contributed by atoms with E-state index in [1.54, 1.807) is 17.2 Å². The minimum Gasteiger partial charge on any atom is -0.367 e. The molecule has 9 nitrogen and oxygen atoms in total. The van der Waals surface area contributed by atoms with Crippen LogP contribution in [0.5, 0.6) is 0 Å². The number of nitrogens with zero attached hydrogens (tertiary/aromatic N) is 3. The lowest BCUT2D eigenvalue weighted by molar-refractivity contribution is -0.134. The van der Waals surface area contributed by atoms with Crippen LogP contribution in [0.4, 0.5) is 14.9 Å². The molecule has 1 aromatic carbocycles. The highest BCUT2D eigenvalue weighted by atomic mass is 19.1. The Morgan fingerprint density at radius 3 is 2.45 bits per heavy atom. The number of amides is 3. The molecule has 180 valence electrons. The molecular weight excluding hydrogens is 429 g/mol. The fraction of sp³-hybridized carbons (Fsp3) is 0.609. The number of nitrogens with two attached hydrogens (primary N) is 1. The maximum atomic E-state index is 14.9. The van der Waals surface area contributed by atoms with Crippen molar-refractivity contribution in [2.24, 2.45) is 11.7 Å². The fourth-order valence-corrected chi connectivity index (χ4v) is 5.00. The number of hydroxylamine groups is 2. The Bertz CT molecular complexity index is 882. The zero-order chi connectivity index (χ0) is 23.4. The van der Waals surface area contributed by atoms with E-state index in [1.807, 2.05) is 0 Å². The van der Waals surface area contributed by atoms with Gasteiger partial charge in [-0.1, -0.05) is 6.07 Å². The lowest BCUT2D eigenvalue weighted by Crippen LogP contribution is -2.47. The number of carbonyl (C=O) groups excluding carboxylic acids is 3. The molecule has 3 aliphatic rings. The van der Waals surface area contributed by atoms with E-state index in [-0.39, 0.29) is 24.1 Å². The summed E-state index contributed by atoms with van der Waals surface area (Å²) in [4.78, 5) is 43.7. The minimum atomic E-state index is -0.756. The Labute approximate surface area is 193 Å². The normalized spacial score (nSPS) is 23.4. The lowest BCUT2D eigenvalue weighted by atomic mass is 9.90. The van der Waals surface area contributed by atoms with Crippen LogP contribution in [0.1, 0.15) is 43.6 Å². The Hall–Kier alpha value is -2.72. The number of primary amides is 1. The second-order valence-corrected chi connectivity index (χ2v) is 9.11. The van der Waals surface area contributed by atoms with Gasteiger partial charge >= 0.3 is 6.09 Å². The van der Waals surface area contributed by atoms with Gasteiger partial charge in [0.15, 0.2) is 0 Å². The largest absolute Gasteiger partial charge is 0.423 e. The van der Waals surface area contributed by atoms with Crippen LogP contribution in [0.15, 0.2) is 18.2 Å². The van der Waals surface area contributed by atoms with Crippen molar-refractivity contribution in [3.63, 3.8) is 0 Å². The van der Waals surface area contributed by atoms with E-state index >= 15 is 0 Å². The Kier molecular flexibility index (Phi) is 7.44. The number of imide groups is 1. The van der Waals surface area contributed by atoms with Crippen molar-refractivity contribution in [3.05, 3.63) is 29.6 Å². The molecule has 0 bridgehead atoms. The van der Waals surface area contributed by atoms with Crippen LogP contribution in [0.25, 0.3) is 0 Å². The van der Waals surface area contributed by atoms with E-state index < -0.39 is 12.0 Å². The molecule has 3 amide bonds. The zero-order valence-electron chi connectivity index (χ0n) is 18.8. The van der Waals surface area contributed by atoms with Crippen molar-refractivity contribution < 1.29 is 23.6 Å². The minimum absolute atomic E-state index is 0.270. The van der Waals surface area contributed by atoms with Crippen LogP contribution in [0.3, 0.4) is 0 Å². The number of rotatable bonds is 6. The number of carbonyl (C=O) groups is 3. The molecule has 10 heteroatoms. The number of piperidine rings is 2. The third-order valence-electron chi connectivity index (χ3n) is 6.97. The summed E-state index contributed by atoms with van der Waals surface area (Å²) in [5, 5.41) is 3.97. The molecule has 4 rings (SSSR count). The smallest absolute Gasteiger partial charge is 0.367 e. The van der Waals surface area contributed by atoms with Gasteiger partial charge in [0.2, 0.25) is 11.8 Å². The van der Waals surface area contributed by atoms with Crippen LogP contribution in [0.2, 0.25) is 0 Å². The van der Waals surface area contributed by atoms with Crippen LogP contribution < -0.4 is 16.0 Å². The van der Waals surface area contributed by atoms with Gasteiger partial charge in [-0.05, 0) is 55.8 Å². The van der Waals surface area contributed by atoms with Crippen molar-refractivity contribution in [2.75, 3.05) is 50.7 Å². The summed E-state index contributed by atoms with van der Waals surface area (Å²) in [5.41, 5.74) is 6.24. The van der Waals surface area contributed by atoms with Crippen molar-refractivity contribution >= 4 is 23.6 Å². The van der Waals surface area contributed by atoms with Gasteiger partial charge in [0.05, 0.1) is 11.6 Å². The van der Waals surface area contributed by atoms with Crippen molar-refractivity contribution in [1.82, 2.24) is 15.3 Å². The second kappa shape index (κ2) is 10.5. The van der Waals surface area contributed by atoms with Crippen LogP contribution >= 0.6 is 0 Å². The standard InChI is InChI=1S/C23H32FN5O4/c24-19-15-17(18-2-4-21(30)26-22(18)31)1-3-20(19)28-13-11-27(12-14-28)8-5-16-6-9-29(10-7-16)33-23(25)32/h1,3,15-16,18H,2,4-14H2,(H2,25,32)(H,26,30,31). The Morgan fingerprint density at radius 1 is 1.09 bits per heavy atom. The molecule has 33 heavy (non-hydrogen) atoms. The molecule has 3 saturated heterocycles. The lowest BCUT2D eigenvalue weighted by Gasteiger charge is -2.37. The highest BCUT2D eigenvalue weighted by Gasteiger charge is 2.29. The second-order valence-electron chi connectivity index (χ2n) is 9.11. The van der Waals surface area contributed by atoms with Gasteiger partial charge in [0, 0.05) is 45.7 Å². The summed E-state index contributed by atoms with van der Waals surface area (Å²) in [5.74, 6) is -0.812. The average molecular weight is 462 g/mol. The number of hydrogen-bond donors (Lipinski definition) is 2. The third-order valence-corrected chi connectivity index (χ3v) is 6.97. The van der Waals surface area contributed by atoms with E-state index in [9.17, 15) is 18.8 Å². The SMILES string of the molecule is NC(=O)ON1CCC(CCN2CCN(c3ccc(C4CCC(=O)NC4=O)cc3F)CC2)CC1. The number of anilines is 1. The molecule has 3 fully saturated rings. The van der Waals surface area contributed by atoms with Gasteiger partial charge in [-0.2, -0.15) is 0 Å². The molecular formula is C23H32FN5O4.